The molecule has 0 bridgehead atoms. The number of aryl methyl sites for hydroxylation is 1. The Balaban J connectivity index is 2.04. The predicted molar refractivity (Wildman–Crippen MR) is 88.6 cm³/mol. The Kier molecular flexibility index (Phi) is 3.41. The third kappa shape index (κ3) is 2.25. The average Bonchev–Trinajstić information content (AvgIpc) is 2.74. The number of anilines is 1. The van der Waals surface area contributed by atoms with Crippen molar-refractivity contribution >= 4 is 23.3 Å². The van der Waals surface area contributed by atoms with E-state index in [4.69, 9.17) is 0 Å². The standard InChI is InChI=1S/C19H17NO2/c1-12-10-14(20(2)3)9-8-13(12)11-17-18(21)15-6-4-5-7-16(15)19(17)22/h4-11H,1-3H3. The molecule has 0 heterocycles. The first-order chi connectivity index (χ1) is 10.5. The lowest BCUT2D eigenvalue weighted by Crippen LogP contribution is -2.08. The summed E-state index contributed by atoms with van der Waals surface area (Å²) in [5.41, 5.74) is 4.28. The van der Waals surface area contributed by atoms with Gasteiger partial charge >= 0.3 is 0 Å². The Morgan fingerprint density at radius 3 is 2.00 bits per heavy atom. The molecule has 3 nitrogen and oxygen atoms in total. The SMILES string of the molecule is Cc1cc(N(C)C)ccc1C=C1C(=O)c2ccccc2C1=O. The van der Waals surface area contributed by atoms with E-state index in [9.17, 15) is 9.59 Å². The number of benzene rings is 2. The molecule has 0 aromatic heterocycles. The van der Waals surface area contributed by atoms with Crippen molar-refractivity contribution in [2.24, 2.45) is 0 Å². The number of hydrogen-bond donors (Lipinski definition) is 0. The van der Waals surface area contributed by atoms with Crippen LogP contribution in [0.25, 0.3) is 6.08 Å². The van der Waals surface area contributed by atoms with Gasteiger partial charge in [0.15, 0.2) is 11.6 Å². The molecule has 0 atom stereocenters. The smallest absolute Gasteiger partial charge is 0.197 e. The van der Waals surface area contributed by atoms with Gasteiger partial charge in [0.1, 0.15) is 0 Å². The number of Topliss-reactive ketones (excluding diaryl/α,β-unsaturated/α-hetero) is 2. The van der Waals surface area contributed by atoms with Crippen molar-refractivity contribution in [2.45, 2.75) is 6.92 Å². The maximum Gasteiger partial charge on any atom is 0.197 e. The van der Waals surface area contributed by atoms with E-state index < -0.39 is 0 Å². The molecule has 1 aliphatic carbocycles. The highest BCUT2D eigenvalue weighted by Gasteiger charge is 2.32. The highest BCUT2D eigenvalue weighted by molar-refractivity contribution is 6.41. The second-order valence-electron chi connectivity index (χ2n) is 5.70. The molecule has 0 radical (unpaired) electrons. The van der Waals surface area contributed by atoms with E-state index in [0.29, 0.717) is 11.1 Å². The molecule has 1 aliphatic rings. The van der Waals surface area contributed by atoms with Crippen LogP contribution < -0.4 is 4.90 Å². The van der Waals surface area contributed by atoms with E-state index in [1.807, 2.05) is 44.1 Å². The van der Waals surface area contributed by atoms with Gasteiger partial charge in [0.2, 0.25) is 0 Å². The van der Waals surface area contributed by atoms with E-state index in [-0.39, 0.29) is 17.1 Å². The fraction of sp³-hybridized carbons (Fsp3) is 0.158. The lowest BCUT2D eigenvalue weighted by Gasteiger charge is -2.14. The molecule has 0 saturated carbocycles. The zero-order chi connectivity index (χ0) is 15.9. The summed E-state index contributed by atoms with van der Waals surface area (Å²) in [6.45, 7) is 1.98. The van der Waals surface area contributed by atoms with Gasteiger partial charge < -0.3 is 4.90 Å². The van der Waals surface area contributed by atoms with E-state index >= 15 is 0 Å². The minimum atomic E-state index is -0.184. The normalized spacial score (nSPS) is 13.3. The fourth-order valence-corrected chi connectivity index (χ4v) is 2.66. The van der Waals surface area contributed by atoms with E-state index in [1.165, 1.54) is 0 Å². The Labute approximate surface area is 129 Å². The lowest BCUT2D eigenvalue weighted by molar-refractivity contribution is 0.0990. The van der Waals surface area contributed by atoms with Gasteiger partial charge in [0, 0.05) is 30.9 Å². The van der Waals surface area contributed by atoms with Crippen LogP contribution in [0.5, 0.6) is 0 Å². The molecule has 3 heteroatoms. The summed E-state index contributed by atoms with van der Waals surface area (Å²) in [4.78, 5) is 26.8. The number of hydrogen-bond acceptors (Lipinski definition) is 3. The molecular formula is C19H17NO2. The number of nitrogens with zero attached hydrogens (tertiary/aromatic N) is 1. The third-order valence-electron chi connectivity index (χ3n) is 3.98. The van der Waals surface area contributed by atoms with Gasteiger partial charge in [0.25, 0.3) is 0 Å². The molecule has 22 heavy (non-hydrogen) atoms. The quantitative estimate of drug-likeness (QED) is 0.627. The maximum atomic E-state index is 12.4. The van der Waals surface area contributed by atoms with Crippen molar-refractivity contribution < 1.29 is 9.59 Å². The zero-order valence-corrected chi connectivity index (χ0v) is 12.9. The minimum absolute atomic E-state index is 0.184. The van der Waals surface area contributed by atoms with Crippen molar-refractivity contribution in [1.82, 2.24) is 0 Å². The summed E-state index contributed by atoms with van der Waals surface area (Å²) in [7, 11) is 3.96. The van der Waals surface area contributed by atoms with Crippen LogP contribution >= 0.6 is 0 Å². The molecule has 2 aromatic rings. The highest BCUT2D eigenvalue weighted by atomic mass is 16.2. The van der Waals surface area contributed by atoms with Crippen LogP contribution in [0.3, 0.4) is 0 Å². The van der Waals surface area contributed by atoms with Gasteiger partial charge in [-0.25, -0.2) is 0 Å². The highest BCUT2D eigenvalue weighted by Crippen LogP contribution is 2.29. The van der Waals surface area contributed by atoms with Gasteiger partial charge in [-0.3, -0.25) is 9.59 Å². The van der Waals surface area contributed by atoms with Crippen LogP contribution in [0.15, 0.2) is 48.0 Å². The molecule has 3 rings (SSSR count). The summed E-state index contributed by atoms with van der Waals surface area (Å²) in [6.07, 6.45) is 1.71. The number of allylic oxidation sites excluding steroid dienone is 1. The number of carbonyl (C=O) groups is 2. The third-order valence-corrected chi connectivity index (χ3v) is 3.98. The molecular weight excluding hydrogens is 274 g/mol. The van der Waals surface area contributed by atoms with Crippen LogP contribution in [0.1, 0.15) is 31.8 Å². The van der Waals surface area contributed by atoms with Crippen LogP contribution in [0.4, 0.5) is 5.69 Å². The lowest BCUT2D eigenvalue weighted by atomic mass is 10.0. The van der Waals surface area contributed by atoms with Crippen molar-refractivity contribution in [2.75, 3.05) is 19.0 Å². The first-order valence-corrected chi connectivity index (χ1v) is 7.17. The van der Waals surface area contributed by atoms with Gasteiger partial charge in [-0.2, -0.15) is 0 Å². The topological polar surface area (TPSA) is 37.4 Å². The monoisotopic (exact) mass is 291 g/mol. The Morgan fingerprint density at radius 2 is 1.50 bits per heavy atom. The van der Waals surface area contributed by atoms with Gasteiger partial charge in [0.05, 0.1) is 5.57 Å². The summed E-state index contributed by atoms with van der Waals surface area (Å²) >= 11 is 0. The minimum Gasteiger partial charge on any atom is -0.378 e. The van der Waals surface area contributed by atoms with Crippen LogP contribution in [0, 0.1) is 6.92 Å². The Hall–Kier alpha value is -2.68. The van der Waals surface area contributed by atoms with E-state index in [0.717, 1.165) is 16.8 Å². The molecule has 0 unspecified atom stereocenters. The van der Waals surface area contributed by atoms with Crippen molar-refractivity contribution in [3.05, 3.63) is 70.3 Å². The largest absolute Gasteiger partial charge is 0.378 e. The molecule has 0 amide bonds. The molecule has 0 spiro atoms. The number of rotatable bonds is 2. The molecule has 110 valence electrons. The zero-order valence-electron chi connectivity index (χ0n) is 12.9. The van der Waals surface area contributed by atoms with Gasteiger partial charge in [-0.05, 0) is 36.3 Å². The maximum absolute atomic E-state index is 12.4. The Morgan fingerprint density at radius 1 is 0.909 bits per heavy atom. The summed E-state index contributed by atoms with van der Waals surface area (Å²) in [5, 5.41) is 0. The van der Waals surface area contributed by atoms with Crippen molar-refractivity contribution in [3.8, 4) is 0 Å². The van der Waals surface area contributed by atoms with Gasteiger partial charge in [-0.15, -0.1) is 0 Å². The second kappa shape index (κ2) is 5.26. The summed E-state index contributed by atoms with van der Waals surface area (Å²) in [5.74, 6) is -0.367. The molecule has 0 fully saturated rings. The van der Waals surface area contributed by atoms with Crippen molar-refractivity contribution in [3.63, 3.8) is 0 Å². The van der Waals surface area contributed by atoms with Crippen LogP contribution in [0.2, 0.25) is 0 Å². The second-order valence-corrected chi connectivity index (χ2v) is 5.70. The average molecular weight is 291 g/mol. The van der Waals surface area contributed by atoms with Gasteiger partial charge in [-0.1, -0.05) is 30.3 Å². The number of ketones is 2. The number of fused-ring (bicyclic) bond motifs is 1. The molecule has 0 N–H and O–H groups in total. The van der Waals surface area contributed by atoms with Crippen LogP contribution in [-0.2, 0) is 0 Å². The van der Waals surface area contributed by atoms with E-state index in [2.05, 4.69) is 0 Å². The molecule has 0 aliphatic heterocycles. The van der Waals surface area contributed by atoms with E-state index in [1.54, 1.807) is 30.3 Å². The number of carbonyl (C=O) groups excluding carboxylic acids is 2. The first-order valence-electron chi connectivity index (χ1n) is 7.17. The molecule has 2 aromatic carbocycles. The Bertz CT molecular complexity index is 779. The first kappa shape index (κ1) is 14.3. The summed E-state index contributed by atoms with van der Waals surface area (Å²) in [6, 6.07) is 13.0. The summed E-state index contributed by atoms with van der Waals surface area (Å²) < 4.78 is 0. The fourth-order valence-electron chi connectivity index (χ4n) is 2.66. The predicted octanol–water partition coefficient (Wildman–Crippen LogP) is 3.52. The van der Waals surface area contributed by atoms with Crippen LogP contribution in [-0.4, -0.2) is 25.7 Å². The molecule has 0 saturated heterocycles. The van der Waals surface area contributed by atoms with Crippen molar-refractivity contribution in [1.29, 1.82) is 0 Å².